The Morgan fingerprint density at radius 1 is 1.17 bits per heavy atom. The molecule has 1 atom stereocenters. The van der Waals surface area contributed by atoms with Crippen LogP contribution in [0.25, 0.3) is 0 Å². The van der Waals surface area contributed by atoms with Crippen LogP contribution in [0.4, 0.5) is 19.3 Å². The molecule has 1 amide bonds. The van der Waals surface area contributed by atoms with Gasteiger partial charge in [-0.15, -0.1) is 0 Å². The number of piperazine rings is 1. The van der Waals surface area contributed by atoms with Crippen molar-refractivity contribution in [2.24, 2.45) is 0 Å². The second-order valence-corrected chi connectivity index (χ2v) is 7.99. The standard InChI is InChI=1S/C16H22F2N2O3S/c1-16(2,3)23-15(21)20-7-5-19(6-8-20)13-10-14(24(4)22)12(18)9-11(13)17/h9-10H,5-8H2,1-4H3/t24-/m1/s1. The molecule has 0 spiro atoms. The van der Waals surface area contributed by atoms with Gasteiger partial charge in [-0.2, -0.15) is 0 Å². The molecule has 8 heteroatoms. The fourth-order valence-electron chi connectivity index (χ4n) is 2.44. The highest BCUT2D eigenvalue weighted by Gasteiger charge is 2.28. The van der Waals surface area contributed by atoms with E-state index >= 15 is 0 Å². The summed E-state index contributed by atoms with van der Waals surface area (Å²) >= 11 is -1.54. The Balaban J connectivity index is 2.07. The summed E-state index contributed by atoms with van der Waals surface area (Å²) in [5.74, 6) is -1.52. The lowest BCUT2D eigenvalue weighted by atomic mass is 10.2. The Bertz CT molecular complexity index is 612. The van der Waals surface area contributed by atoms with E-state index in [-0.39, 0.29) is 10.6 Å². The molecule has 1 fully saturated rings. The summed E-state index contributed by atoms with van der Waals surface area (Å²) in [6.07, 6.45) is 0.942. The van der Waals surface area contributed by atoms with Crippen molar-refractivity contribution in [3.05, 3.63) is 23.8 Å². The highest BCUT2D eigenvalue weighted by molar-refractivity contribution is 7.90. The highest BCUT2D eigenvalue weighted by atomic mass is 32.2. The SMILES string of the molecule is C[S@@+]([O-])c1cc(N2CCN(C(=O)OC(C)(C)C)CC2)c(F)cc1F. The van der Waals surface area contributed by atoms with Crippen LogP contribution in [0.5, 0.6) is 0 Å². The van der Waals surface area contributed by atoms with E-state index in [2.05, 4.69) is 0 Å². The van der Waals surface area contributed by atoms with E-state index in [1.54, 1.807) is 30.6 Å². The van der Waals surface area contributed by atoms with Crippen molar-refractivity contribution in [3.8, 4) is 0 Å². The molecule has 0 bridgehead atoms. The number of hydrogen-bond donors (Lipinski definition) is 0. The molecule has 1 aromatic carbocycles. The number of amides is 1. The minimum atomic E-state index is -1.54. The summed E-state index contributed by atoms with van der Waals surface area (Å²) < 4.78 is 44.6. The van der Waals surface area contributed by atoms with Crippen molar-refractivity contribution in [1.82, 2.24) is 4.90 Å². The quantitative estimate of drug-likeness (QED) is 0.761. The number of carbonyl (C=O) groups excluding carboxylic acids is 1. The smallest absolute Gasteiger partial charge is 0.410 e. The van der Waals surface area contributed by atoms with Crippen LogP contribution in [0.1, 0.15) is 20.8 Å². The van der Waals surface area contributed by atoms with E-state index < -0.39 is 34.5 Å². The fourth-order valence-corrected chi connectivity index (χ4v) is 3.05. The molecule has 0 N–H and O–H groups in total. The van der Waals surface area contributed by atoms with Gasteiger partial charge in [0.2, 0.25) is 0 Å². The lowest BCUT2D eigenvalue weighted by molar-refractivity contribution is 0.0240. The summed E-state index contributed by atoms with van der Waals surface area (Å²) in [5.41, 5.74) is -0.373. The summed E-state index contributed by atoms with van der Waals surface area (Å²) in [6, 6.07) is 2.04. The van der Waals surface area contributed by atoms with Crippen molar-refractivity contribution in [1.29, 1.82) is 0 Å². The second-order valence-electron chi connectivity index (χ2n) is 6.64. The average Bonchev–Trinajstić information content (AvgIpc) is 2.45. The molecule has 0 unspecified atom stereocenters. The van der Waals surface area contributed by atoms with E-state index in [0.717, 1.165) is 6.07 Å². The second kappa shape index (κ2) is 7.14. The van der Waals surface area contributed by atoms with Crippen LogP contribution in [0.3, 0.4) is 0 Å². The van der Waals surface area contributed by atoms with Gasteiger partial charge in [-0.3, -0.25) is 0 Å². The number of ether oxygens (including phenoxy) is 1. The van der Waals surface area contributed by atoms with Crippen LogP contribution in [0.15, 0.2) is 17.0 Å². The van der Waals surface area contributed by atoms with Crippen LogP contribution in [0, 0.1) is 11.6 Å². The Kier molecular flexibility index (Phi) is 5.59. The van der Waals surface area contributed by atoms with Gasteiger partial charge in [0.1, 0.15) is 17.7 Å². The molecular weight excluding hydrogens is 338 g/mol. The normalized spacial score (nSPS) is 17.0. The molecule has 0 aliphatic carbocycles. The fraction of sp³-hybridized carbons (Fsp3) is 0.562. The van der Waals surface area contributed by atoms with Gasteiger partial charge in [0.05, 0.1) is 5.69 Å². The van der Waals surface area contributed by atoms with Crippen LogP contribution in [-0.2, 0) is 15.9 Å². The van der Waals surface area contributed by atoms with Crippen LogP contribution >= 0.6 is 0 Å². The molecule has 0 saturated carbocycles. The number of benzene rings is 1. The first-order valence-corrected chi connectivity index (χ1v) is 9.19. The number of halogens is 2. The Labute approximate surface area is 143 Å². The number of rotatable bonds is 2. The largest absolute Gasteiger partial charge is 0.612 e. The van der Waals surface area contributed by atoms with Crippen LogP contribution in [-0.4, -0.2) is 53.6 Å². The van der Waals surface area contributed by atoms with E-state index in [1.165, 1.54) is 12.3 Å². The zero-order valence-electron chi connectivity index (χ0n) is 14.3. The van der Waals surface area contributed by atoms with Crippen LogP contribution < -0.4 is 4.90 Å². The molecule has 1 aliphatic heterocycles. The maximum absolute atomic E-state index is 14.1. The van der Waals surface area contributed by atoms with E-state index in [0.29, 0.717) is 26.2 Å². The maximum atomic E-state index is 14.1. The monoisotopic (exact) mass is 360 g/mol. The van der Waals surface area contributed by atoms with Gasteiger partial charge in [-0.1, -0.05) is 0 Å². The van der Waals surface area contributed by atoms with Crippen molar-refractivity contribution >= 4 is 23.0 Å². The van der Waals surface area contributed by atoms with Crippen molar-refractivity contribution in [2.45, 2.75) is 31.3 Å². The molecule has 0 radical (unpaired) electrons. The summed E-state index contributed by atoms with van der Waals surface area (Å²) in [6.45, 7) is 6.89. The third kappa shape index (κ3) is 4.51. The first-order chi connectivity index (χ1) is 11.1. The van der Waals surface area contributed by atoms with Crippen molar-refractivity contribution < 1.29 is 22.9 Å². The topological polar surface area (TPSA) is 55.8 Å². The molecule has 134 valence electrons. The Morgan fingerprint density at radius 3 is 2.25 bits per heavy atom. The molecule has 1 aliphatic rings. The van der Waals surface area contributed by atoms with Gasteiger partial charge in [0.25, 0.3) is 0 Å². The minimum Gasteiger partial charge on any atom is -0.612 e. The summed E-state index contributed by atoms with van der Waals surface area (Å²) in [5, 5.41) is 0. The molecule has 1 aromatic rings. The van der Waals surface area contributed by atoms with Gasteiger partial charge < -0.3 is 19.1 Å². The first kappa shape index (κ1) is 18.8. The predicted octanol–water partition coefficient (Wildman–Crippen LogP) is 2.76. The van der Waals surface area contributed by atoms with Crippen molar-refractivity contribution in [2.75, 3.05) is 37.3 Å². The first-order valence-electron chi connectivity index (χ1n) is 7.64. The molecule has 1 saturated heterocycles. The van der Waals surface area contributed by atoms with Crippen LogP contribution in [0.2, 0.25) is 0 Å². The lowest BCUT2D eigenvalue weighted by Crippen LogP contribution is -2.50. The lowest BCUT2D eigenvalue weighted by Gasteiger charge is -2.36. The third-order valence-electron chi connectivity index (χ3n) is 3.58. The highest BCUT2D eigenvalue weighted by Crippen LogP contribution is 2.27. The molecule has 0 aromatic heterocycles. The van der Waals surface area contributed by atoms with Gasteiger partial charge >= 0.3 is 6.09 Å². The number of anilines is 1. The van der Waals surface area contributed by atoms with Gasteiger partial charge in [-0.05, 0) is 31.9 Å². The molecular formula is C16H22F2N2O3S. The van der Waals surface area contributed by atoms with Gasteiger partial charge in [0.15, 0.2) is 10.7 Å². The van der Waals surface area contributed by atoms with Gasteiger partial charge in [-0.25, -0.2) is 13.6 Å². The Hall–Kier alpha value is -1.54. The van der Waals surface area contributed by atoms with E-state index in [4.69, 9.17) is 4.74 Å². The number of hydrogen-bond acceptors (Lipinski definition) is 4. The summed E-state index contributed by atoms with van der Waals surface area (Å²) in [7, 11) is 0. The summed E-state index contributed by atoms with van der Waals surface area (Å²) in [4.78, 5) is 15.3. The third-order valence-corrected chi connectivity index (χ3v) is 4.52. The van der Waals surface area contributed by atoms with Gasteiger partial charge in [0, 0.05) is 38.3 Å². The minimum absolute atomic E-state index is 0.0269. The Morgan fingerprint density at radius 2 is 1.75 bits per heavy atom. The van der Waals surface area contributed by atoms with E-state index in [1.807, 2.05) is 0 Å². The van der Waals surface area contributed by atoms with E-state index in [9.17, 15) is 18.1 Å². The number of carbonyl (C=O) groups is 1. The molecule has 5 nitrogen and oxygen atoms in total. The molecule has 24 heavy (non-hydrogen) atoms. The zero-order valence-corrected chi connectivity index (χ0v) is 15.1. The zero-order chi connectivity index (χ0) is 18.1. The van der Waals surface area contributed by atoms with Crippen molar-refractivity contribution in [3.63, 3.8) is 0 Å². The number of nitrogens with zero attached hydrogens (tertiary/aromatic N) is 2. The maximum Gasteiger partial charge on any atom is 0.410 e. The average molecular weight is 360 g/mol. The predicted molar refractivity (Wildman–Crippen MR) is 88.7 cm³/mol. The molecule has 2 rings (SSSR count). The molecule has 1 heterocycles.